The number of carbonyl (C=O) groups is 3. The van der Waals surface area contributed by atoms with E-state index in [0.29, 0.717) is 39.7 Å². The van der Waals surface area contributed by atoms with Gasteiger partial charge in [-0.15, -0.1) is 0 Å². The fourth-order valence-electron chi connectivity index (χ4n) is 3.74. The van der Waals surface area contributed by atoms with Crippen molar-refractivity contribution in [3.63, 3.8) is 0 Å². The van der Waals surface area contributed by atoms with Crippen molar-refractivity contribution in [2.75, 3.05) is 17.2 Å². The molecule has 1 aliphatic rings. The highest BCUT2D eigenvalue weighted by molar-refractivity contribution is 6.09. The van der Waals surface area contributed by atoms with E-state index in [0.717, 1.165) is 0 Å². The number of hydrogen-bond donors (Lipinski definition) is 3. The number of carbonyl (C=O) groups excluding carboxylic acids is 3. The lowest BCUT2D eigenvalue weighted by molar-refractivity contribution is -0.114. The molecule has 0 atom stereocenters. The molecule has 3 aromatic rings. The van der Waals surface area contributed by atoms with Crippen molar-refractivity contribution in [3.8, 4) is 11.3 Å². The fourth-order valence-corrected chi connectivity index (χ4v) is 3.74. The lowest BCUT2D eigenvalue weighted by Crippen LogP contribution is -2.40. The topological polar surface area (TPSA) is 116 Å². The van der Waals surface area contributed by atoms with Crippen molar-refractivity contribution in [1.29, 1.82) is 0 Å². The van der Waals surface area contributed by atoms with Crippen LogP contribution in [0.15, 0.2) is 42.6 Å². The van der Waals surface area contributed by atoms with Crippen LogP contribution in [-0.4, -0.2) is 45.3 Å². The second-order valence-electron chi connectivity index (χ2n) is 8.18. The number of hydrogen-bond acceptors (Lipinski definition) is 6. The normalized spacial score (nSPS) is 13.0. The minimum Gasteiger partial charge on any atom is -0.447 e. The molecule has 0 fully saturated rings. The Hall–Kier alpha value is -4.21. The molecule has 9 nitrogen and oxygen atoms in total. The molecule has 0 aliphatic carbocycles. The number of ketones is 1. The van der Waals surface area contributed by atoms with Crippen LogP contribution >= 0.6 is 0 Å². The number of amides is 2. The molecule has 34 heavy (non-hydrogen) atoms. The fraction of sp³-hybridized carbons (Fsp3) is 0.250. The van der Waals surface area contributed by atoms with E-state index in [9.17, 15) is 18.8 Å². The van der Waals surface area contributed by atoms with Gasteiger partial charge in [0.05, 0.1) is 36.1 Å². The number of fused-ring (bicyclic) bond motifs is 1. The summed E-state index contributed by atoms with van der Waals surface area (Å²) >= 11 is 0. The van der Waals surface area contributed by atoms with E-state index in [-0.39, 0.29) is 36.7 Å². The quantitative estimate of drug-likeness (QED) is 0.512. The summed E-state index contributed by atoms with van der Waals surface area (Å²) in [7, 11) is 0. The maximum Gasteiger partial charge on any atom is 0.410 e. The van der Waals surface area contributed by atoms with Crippen LogP contribution in [0.3, 0.4) is 0 Å². The number of anilines is 3. The summed E-state index contributed by atoms with van der Waals surface area (Å²) in [5, 5.41) is 5.85. The number of pyridine rings is 1. The average molecular weight is 465 g/mol. The van der Waals surface area contributed by atoms with E-state index in [1.165, 1.54) is 30.2 Å². The van der Waals surface area contributed by atoms with Crippen molar-refractivity contribution >= 4 is 35.0 Å². The molecule has 0 unspecified atom stereocenters. The lowest BCUT2D eigenvalue weighted by atomic mass is 10.0. The summed E-state index contributed by atoms with van der Waals surface area (Å²) in [6.45, 7) is 4.87. The number of rotatable bonds is 5. The average Bonchev–Trinajstić information content (AvgIpc) is 3.13. The van der Waals surface area contributed by atoms with Crippen LogP contribution in [0.25, 0.3) is 11.3 Å². The molecule has 1 aromatic carbocycles. The predicted molar refractivity (Wildman–Crippen MR) is 124 cm³/mol. The number of ether oxygens (including phenoxy) is 1. The highest BCUT2D eigenvalue weighted by atomic mass is 19.1. The van der Waals surface area contributed by atoms with Crippen molar-refractivity contribution < 1.29 is 23.5 Å². The van der Waals surface area contributed by atoms with Gasteiger partial charge in [-0.3, -0.25) is 14.5 Å². The largest absolute Gasteiger partial charge is 0.447 e. The molecule has 0 bridgehead atoms. The molecule has 0 radical (unpaired) electrons. The van der Waals surface area contributed by atoms with Gasteiger partial charge in [0.15, 0.2) is 5.78 Å². The summed E-state index contributed by atoms with van der Waals surface area (Å²) in [5.74, 6) is -0.579. The molecule has 1 aliphatic heterocycles. The van der Waals surface area contributed by atoms with E-state index in [2.05, 4.69) is 20.6 Å². The number of Topliss-reactive ketones (excluding diaryl/α,β-unsaturated/α-hetero) is 1. The van der Waals surface area contributed by atoms with Gasteiger partial charge in [-0.25, -0.2) is 14.2 Å². The SMILES string of the molecule is CC(=O)Nc1cc(-c2[nH]c3c(c2Nc2ccc(F)cc2)C(=O)CN(C(=O)OC(C)C)C3)ccn1. The second-order valence-corrected chi connectivity index (χ2v) is 8.18. The molecule has 2 amide bonds. The number of aromatic nitrogens is 2. The summed E-state index contributed by atoms with van der Waals surface area (Å²) < 4.78 is 18.7. The Bertz CT molecular complexity index is 1250. The number of H-pyrrole nitrogens is 1. The van der Waals surface area contributed by atoms with Gasteiger partial charge in [0.1, 0.15) is 11.6 Å². The Morgan fingerprint density at radius 2 is 1.91 bits per heavy atom. The Kier molecular flexibility index (Phi) is 6.31. The van der Waals surface area contributed by atoms with Crippen LogP contribution < -0.4 is 10.6 Å². The standard InChI is InChI=1S/C24H24FN5O4/c1-13(2)34-24(33)30-11-18-21(19(32)12-30)23(28-17-6-4-16(25)5-7-17)22(29-18)15-8-9-26-20(10-15)27-14(3)31/h4-10,13,28-29H,11-12H2,1-3H3,(H,26,27,31). The van der Waals surface area contributed by atoms with Crippen molar-refractivity contribution in [3.05, 3.63) is 59.7 Å². The summed E-state index contributed by atoms with van der Waals surface area (Å²) in [6, 6.07) is 9.15. The third-order valence-corrected chi connectivity index (χ3v) is 5.10. The summed E-state index contributed by atoms with van der Waals surface area (Å²) in [4.78, 5) is 45.8. The number of aromatic amines is 1. The monoisotopic (exact) mass is 465 g/mol. The molecule has 3 N–H and O–H groups in total. The zero-order valence-corrected chi connectivity index (χ0v) is 18.9. The van der Waals surface area contributed by atoms with E-state index in [1.54, 1.807) is 38.1 Å². The van der Waals surface area contributed by atoms with E-state index in [4.69, 9.17) is 4.74 Å². The number of nitrogens with one attached hydrogen (secondary N) is 3. The number of halogens is 1. The van der Waals surface area contributed by atoms with Crippen LogP contribution in [0.2, 0.25) is 0 Å². The van der Waals surface area contributed by atoms with Gasteiger partial charge in [-0.05, 0) is 50.2 Å². The van der Waals surface area contributed by atoms with E-state index >= 15 is 0 Å². The first-order valence-electron chi connectivity index (χ1n) is 10.7. The Morgan fingerprint density at radius 1 is 1.18 bits per heavy atom. The molecule has 2 aromatic heterocycles. The zero-order chi connectivity index (χ0) is 24.4. The van der Waals surface area contributed by atoms with Gasteiger partial charge in [-0.2, -0.15) is 0 Å². The van der Waals surface area contributed by atoms with Crippen LogP contribution in [0, 0.1) is 5.82 Å². The molecule has 10 heteroatoms. The maximum absolute atomic E-state index is 13.4. The number of benzene rings is 1. The van der Waals surface area contributed by atoms with Crippen LogP contribution in [0.5, 0.6) is 0 Å². The summed E-state index contributed by atoms with van der Waals surface area (Å²) in [6.07, 6.45) is 0.647. The van der Waals surface area contributed by atoms with Crippen LogP contribution in [0.4, 0.5) is 26.4 Å². The van der Waals surface area contributed by atoms with Gasteiger partial charge in [-0.1, -0.05) is 0 Å². The van der Waals surface area contributed by atoms with Crippen LogP contribution in [0.1, 0.15) is 36.8 Å². The van der Waals surface area contributed by atoms with Crippen molar-refractivity contribution in [2.45, 2.75) is 33.4 Å². The first-order chi connectivity index (χ1) is 16.2. The highest BCUT2D eigenvalue weighted by Crippen LogP contribution is 2.38. The first kappa shape index (κ1) is 23.0. The molecule has 3 heterocycles. The van der Waals surface area contributed by atoms with Crippen molar-refractivity contribution in [2.24, 2.45) is 0 Å². The third-order valence-electron chi connectivity index (χ3n) is 5.10. The molecule has 0 saturated heterocycles. The molecule has 4 rings (SSSR count). The van der Waals surface area contributed by atoms with Gasteiger partial charge < -0.3 is 20.4 Å². The minimum atomic E-state index is -0.574. The zero-order valence-electron chi connectivity index (χ0n) is 18.9. The highest BCUT2D eigenvalue weighted by Gasteiger charge is 2.33. The number of nitrogens with zero attached hydrogens (tertiary/aromatic N) is 2. The lowest BCUT2D eigenvalue weighted by Gasteiger charge is -2.26. The molecule has 176 valence electrons. The second kappa shape index (κ2) is 9.34. The smallest absolute Gasteiger partial charge is 0.410 e. The molecular weight excluding hydrogens is 441 g/mol. The maximum atomic E-state index is 13.4. The van der Waals surface area contributed by atoms with E-state index in [1.807, 2.05) is 0 Å². The minimum absolute atomic E-state index is 0.137. The molecular formula is C24H24FN5O4. The van der Waals surface area contributed by atoms with Gasteiger partial charge in [0.25, 0.3) is 0 Å². The Labute approximate surface area is 195 Å². The van der Waals surface area contributed by atoms with E-state index < -0.39 is 6.09 Å². The van der Waals surface area contributed by atoms with Gasteiger partial charge >= 0.3 is 6.09 Å². The van der Waals surface area contributed by atoms with Gasteiger partial charge in [0, 0.05) is 30.1 Å². The Balaban J connectivity index is 1.78. The van der Waals surface area contributed by atoms with Crippen molar-refractivity contribution in [1.82, 2.24) is 14.9 Å². The predicted octanol–water partition coefficient (Wildman–Crippen LogP) is 4.46. The Morgan fingerprint density at radius 3 is 2.59 bits per heavy atom. The molecule has 0 saturated carbocycles. The first-order valence-corrected chi connectivity index (χ1v) is 10.7. The third kappa shape index (κ3) is 4.90. The van der Waals surface area contributed by atoms with Gasteiger partial charge in [0.2, 0.25) is 5.91 Å². The molecule has 0 spiro atoms. The summed E-state index contributed by atoms with van der Waals surface area (Å²) in [5.41, 5.74) is 3.23. The van der Waals surface area contributed by atoms with Crippen LogP contribution in [-0.2, 0) is 16.1 Å².